The number of methoxy groups -OCH3 is 1. The van der Waals surface area contributed by atoms with Crippen LogP contribution < -0.4 is 5.73 Å². The highest BCUT2D eigenvalue weighted by Gasteiger charge is 2.16. The molecule has 7 nitrogen and oxygen atoms in total. The molecule has 0 aliphatic rings. The fraction of sp³-hybridized carbons (Fsp3) is 0.0769. The Hall–Kier alpha value is -2.61. The van der Waals surface area contributed by atoms with Crippen molar-refractivity contribution >= 4 is 34.6 Å². The van der Waals surface area contributed by atoms with E-state index in [9.17, 15) is 4.79 Å². The smallest absolute Gasteiger partial charge is 0.339 e. The van der Waals surface area contributed by atoms with Crippen LogP contribution in [0.25, 0.3) is 11.2 Å². The minimum Gasteiger partial charge on any atom is -0.465 e. The Morgan fingerprint density at radius 3 is 3.00 bits per heavy atom. The van der Waals surface area contributed by atoms with E-state index in [0.717, 1.165) is 5.52 Å². The Morgan fingerprint density at radius 2 is 2.19 bits per heavy atom. The molecule has 21 heavy (non-hydrogen) atoms. The lowest BCUT2D eigenvalue weighted by molar-refractivity contribution is 0.0597. The molecule has 0 saturated heterocycles. The third kappa shape index (κ3) is 2.52. The SMILES string of the molecule is COC(=O)c1cc(N)ccc1Sc1ncnc2nc[nH]c12. The number of carbonyl (C=O) groups excluding carboxylic acids is 1. The van der Waals surface area contributed by atoms with Gasteiger partial charge < -0.3 is 15.5 Å². The molecule has 2 aromatic heterocycles. The Bertz CT molecular complexity index is 817. The van der Waals surface area contributed by atoms with Crippen molar-refractivity contribution in [1.29, 1.82) is 0 Å². The van der Waals surface area contributed by atoms with E-state index < -0.39 is 5.97 Å². The number of nitrogens with one attached hydrogen (secondary N) is 1. The van der Waals surface area contributed by atoms with Gasteiger partial charge in [0.25, 0.3) is 0 Å². The Morgan fingerprint density at radius 1 is 1.33 bits per heavy atom. The Balaban J connectivity index is 2.05. The summed E-state index contributed by atoms with van der Waals surface area (Å²) in [4.78, 5) is 27.9. The maximum atomic E-state index is 11.8. The predicted octanol–water partition coefficient (Wildman–Crippen LogP) is 1.87. The molecule has 0 fully saturated rings. The second-order valence-corrected chi connectivity index (χ2v) is 5.16. The highest BCUT2D eigenvalue weighted by Crippen LogP contribution is 2.33. The summed E-state index contributed by atoms with van der Waals surface area (Å²) >= 11 is 1.32. The van der Waals surface area contributed by atoms with Crippen LogP contribution in [-0.4, -0.2) is 33.0 Å². The summed E-state index contributed by atoms with van der Waals surface area (Å²) in [5.74, 6) is -0.445. The molecule has 0 atom stereocenters. The van der Waals surface area contributed by atoms with E-state index in [1.165, 1.54) is 25.2 Å². The van der Waals surface area contributed by atoms with Crippen molar-refractivity contribution in [3.05, 3.63) is 36.4 Å². The molecule has 0 bridgehead atoms. The molecule has 0 aliphatic carbocycles. The molecule has 3 aromatic rings. The second kappa shape index (κ2) is 5.41. The van der Waals surface area contributed by atoms with Gasteiger partial charge in [-0.25, -0.2) is 19.7 Å². The van der Waals surface area contributed by atoms with E-state index in [1.807, 2.05) is 0 Å². The second-order valence-electron chi connectivity index (χ2n) is 4.13. The van der Waals surface area contributed by atoms with Crippen molar-refractivity contribution in [3.63, 3.8) is 0 Å². The van der Waals surface area contributed by atoms with Crippen molar-refractivity contribution < 1.29 is 9.53 Å². The summed E-state index contributed by atoms with van der Waals surface area (Å²) in [6, 6.07) is 5.07. The lowest BCUT2D eigenvalue weighted by atomic mass is 10.2. The number of nitrogens with two attached hydrogens (primary N) is 1. The first kappa shape index (κ1) is 13.4. The molecule has 3 rings (SSSR count). The summed E-state index contributed by atoms with van der Waals surface area (Å²) in [7, 11) is 1.33. The molecule has 0 aliphatic heterocycles. The molecule has 106 valence electrons. The van der Waals surface area contributed by atoms with Gasteiger partial charge in [-0.15, -0.1) is 0 Å². The minimum atomic E-state index is -0.445. The first-order chi connectivity index (χ1) is 10.2. The normalized spacial score (nSPS) is 10.7. The monoisotopic (exact) mass is 301 g/mol. The van der Waals surface area contributed by atoms with E-state index in [4.69, 9.17) is 10.5 Å². The van der Waals surface area contributed by atoms with E-state index in [-0.39, 0.29) is 0 Å². The number of hydrogen-bond donors (Lipinski definition) is 2. The zero-order chi connectivity index (χ0) is 14.8. The average Bonchev–Trinajstić information content (AvgIpc) is 2.97. The summed E-state index contributed by atoms with van der Waals surface area (Å²) in [5.41, 5.74) is 7.91. The summed E-state index contributed by atoms with van der Waals surface area (Å²) < 4.78 is 4.78. The van der Waals surface area contributed by atoms with E-state index in [2.05, 4.69) is 19.9 Å². The lowest BCUT2D eigenvalue weighted by Gasteiger charge is -2.08. The molecule has 0 saturated carbocycles. The van der Waals surface area contributed by atoms with Gasteiger partial charge in [-0.3, -0.25) is 0 Å². The van der Waals surface area contributed by atoms with E-state index in [0.29, 0.717) is 26.8 Å². The number of rotatable bonds is 3. The van der Waals surface area contributed by atoms with Gasteiger partial charge in [0.2, 0.25) is 0 Å². The Labute approximate surface area is 124 Å². The van der Waals surface area contributed by atoms with Gasteiger partial charge in [0, 0.05) is 10.6 Å². The van der Waals surface area contributed by atoms with Crippen LogP contribution in [0, 0.1) is 0 Å². The molecule has 0 radical (unpaired) electrons. The average molecular weight is 301 g/mol. The van der Waals surface area contributed by atoms with Gasteiger partial charge in [0.15, 0.2) is 5.65 Å². The third-order valence-corrected chi connectivity index (χ3v) is 3.88. The minimum absolute atomic E-state index is 0.397. The summed E-state index contributed by atoms with van der Waals surface area (Å²) in [6.07, 6.45) is 2.98. The lowest BCUT2D eigenvalue weighted by Crippen LogP contribution is -2.04. The van der Waals surface area contributed by atoms with Crippen molar-refractivity contribution in [3.8, 4) is 0 Å². The number of hydrogen-bond acceptors (Lipinski definition) is 7. The van der Waals surface area contributed by atoms with Crippen LogP contribution >= 0.6 is 11.8 Å². The number of esters is 1. The van der Waals surface area contributed by atoms with Crippen molar-refractivity contribution in [1.82, 2.24) is 19.9 Å². The molecule has 3 N–H and O–H groups in total. The molecule has 0 unspecified atom stereocenters. The zero-order valence-corrected chi connectivity index (χ0v) is 11.8. The number of carbonyl (C=O) groups is 1. The summed E-state index contributed by atoms with van der Waals surface area (Å²) in [6.45, 7) is 0. The van der Waals surface area contributed by atoms with Crippen LogP contribution in [0.1, 0.15) is 10.4 Å². The fourth-order valence-electron chi connectivity index (χ4n) is 1.83. The maximum Gasteiger partial charge on any atom is 0.339 e. The molecule has 2 heterocycles. The van der Waals surface area contributed by atoms with Gasteiger partial charge in [-0.2, -0.15) is 0 Å². The molecular formula is C13H11N5O2S. The number of aromatic nitrogens is 4. The fourth-order valence-corrected chi connectivity index (χ4v) is 2.78. The first-order valence-electron chi connectivity index (χ1n) is 5.99. The van der Waals surface area contributed by atoms with Crippen LogP contribution in [0.15, 0.2) is 40.8 Å². The van der Waals surface area contributed by atoms with Gasteiger partial charge in [-0.1, -0.05) is 11.8 Å². The van der Waals surface area contributed by atoms with Crippen molar-refractivity contribution in [2.75, 3.05) is 12.8 Å². The maximum absolute atomic E-state index is 11.8. The number of H-pyrrole nitrogens is 1. The zero-order valence-electron chi connectivity index (χ0n) is 11.0. The van der Waals surface area contributed by atoms with Crippen molar-refractivity contribution in [2.45, 2.75) is 9.92 Å². The van der Waals surface area contributed by atoms with E-state index >= 15 is 0 Å². The van der Waals surface area contributed by atoms with Crippen LogP contribution in [0.5, 0.6) is 0 Å². The van der Waals surface area contributed by atoms with Crippen LogP contribution in [-0.2, 0) is 4.74 Å². The number of imidazole rings is 1. The molecule has 8 heteroatoms. The first-order valence-corrected chi connectivity index (χ1v) is 6.80. The van der Waals surface area contributed by atoms with Crippen LogP contribution in [0.4, 0.5) is 5.69 Å². The standard InChI is InChI=1S/C13H11N5O2S/c1-20-13(19)8-4-7(14)2-3-9(8)21-12-10-11(16-5-15-10)17-6-18-12/h2-6H,14H2,1H3,(H,15,16,17,18). The quantitative estimate of drug-likeness (QED) is 0.432. The van der Waals surface area contributed by atoms with Crippen molar-refractivity contribution in [2.24, 2.45) is 0 Å². The van der Waals surface area contributed by atoms with Gasteiger partial charge in [-0.05, 0) is 18.2 Å². The predicted molar refractivity (Wildman–Crippen MR) is 78.0 cm³/mol. The highest BCUT2D eigenvalue weighted by atomic mass is 32.2. The number of anilines is 1. The third-order valence-electron chi connectivity index (χ3n) is 2.80. The molecule has 0 amide bonds. The highest BCUT2D eigenvalue weighted by molar-refractivity contribution is 7.99. The van der Waals surface area contributed by atoms with Gasteiger partial charge in [0.1, 0.15) is 16.9 Å². The summed E-state index contributed by atoms with van der Waals surface area (Å²) in [5, 5.41) is 0.674. The van der Waals surface area contributed by atoms with Gasteiger partial charge >= 0.3 is 5.97 Å². The molecular weight excluding hydrogens is 290 g/mol. The van der Waals surface area contributed by atoms with Gasteiger partial charge in [0.05, 0.1) is 19.0 Å². The Kier molecular flexibility index (Phi) is 3.44. The number of benzene rings is 1. The van der Waals surface area contributed by atoms with E-state index in [1.54, 1.807) is 24.5 Å². The number of ether oxygens (including phenoxy) is 1. The molecule has 1 aromatic carbocycles. The topological polar surface area (TPSA) is 107 Å². The molecule has 0 spiro atoms. The number of nitrogen functional groups attached to an aromatic ring is 1. The number of nitrogens with zero attached hydrogens (tertiary/aromatic N) is 3. The van der Waals surface area contributed by atoms with Crippen LogP contribution in [0.2, 0.25) is 0 Å². The van der Waals surface area contributed by atoms with Crippen LogP contribution in [0.3, 0.4) is 0 Å². The number of aromatic amines is 1. The largest absolute Gasteiger partial charge is 0.465 e. The number of fused-ring (bicyclic) bond motifs is 1.